The lowest BCUT2D eigenvalue weighted by molar-refractivity contribution is -0.145. The van der Waals surface area contributed by atoms with Crippen molar-refractivity contribution in [2.45, 2.75) is 6.92 Å². The van der Waals surface area contributed by atoms with Gasteiger partial charge in [-0.3, -0.25) is 0 Å². The molecule has 0 aliphatic rings. The molecule has 1 aromatic rings. The topological polar surface area (TPSA) is 95.7 Å². The van der Waals surface area contributed by atoms with Crippen LogP contribution in [0, 0.1) is 0 Å². The van der Waals surface area contributed by atoms with Crippen molar-refractivity contribution in [2.75, 3.05) is 30.5 Å². The van der Waals surface area contributed by atoms with Crippen molar-refractivity contribution in [2.24, 2.45) is 0 Å². The molecule has 2 N–H and O–H groups in total. The number of nitrogen functional groups attached to an aromatic ring is 1. The zero-order valence-corrected chi connectivity index (χ0v) is 11.5. The SMILES string of the molecule is CCS(=O)(=O)CCOC(=O)COc1ccc(N)cc1. The normalized spacial score (nSPS) is 11.0. The van der Waals surface area contributed by atoms with Gasteiger partial charge in [0, 0.05) is 11.4 Å². The first kappa shape index (κ1) is 15.3. The summed E-state index contributed by atoms with van der Waals surface area (Å²) in [7, 11) is -3.12. The smallest absolute Gasteiger partial charge is 0.344 e. The fraction of sp³-hybridized carbons (Fsp3) is 0.417. The molecular formula is C12H17NO5S. The van der Waals surface area contributed by atoms with Crippen LogP contribution in [0.1, 0.15) is 6.92 Å². The second-order valence-electron chi connectivity index (χ2n) is 3.81. The fourth-order valence-electron chi connectivity index (χ4n) is 1.17. The molecule has 19 heavy (non-hydrogen) atoms. The van der Waals surface area contributed by atoms with Crippen LogP contribution in [-0.4, -0.2) is 39.1 Å². The average Bonchev–Trinajstić information content (AvgIpc) is 2.38. The van der Waals surface area contributed by atoms with E-state index in [-0.39, 0.29) is 24.7 Å². The lowest BCUT2D eigenvalue weighted by atomic mass is 10.3. The molecule has 7 heteroatoms. The van der Waals surface area contributed by atoms with E-state index in [4.69, 9.17) is 15.2 Å². The van der Waals surface area contributed by atoms with Crippen molar-refractivity contribution in [3.63, 3.8) is 0 Å². The average molecular weight is 287 g/mol. The van der Waals surface area contributed by atoms with E-state index in [1.807, 2.05) is 0 Å². The van der Waals surface area contributed by atoms with Gasteiger partial charge in [0.1, 0.15) is 12.4 Å². The Hall–Kier alpha value is -1.76. The van der Waals surface area contributed by atoms with Crippen molar-refractivity contribution in [1.82, 2.24) is 0 Å². The van der Waals surface area contributed by atoms with Crippen LogP contribution in [0.3, 0.4) is 0 Å². The van der Waals surface area contributed by atoms with Gasteiger partial charge in [0.25, 0.3) is 0 Å². The predicted molar refractivity (Wildman–Crippen MR) is 71.6 cm³/mol. The number of hydrogen-bond acceptors (Lipinski definition) is 6. The Morgan fingerprint density at radius 1 is 1.26 bits per heavy atom. The van der Waals surface area contributed by atoms with Crippen LogP contribution in [-0.2, 0) is 19.4 Å². The number of hydrogen-bond donors (Lipinski definition) is 1. The molecule has 0 heterocycles. The molecule has 0 aliphatic carbocycles. The van der Waals surface area contributed by atoms with Crippen molar-refractivity contribution in [3.05, 3.63) is 24.3 Å². The van der Waals surface area contributed by atoms with Gasteiger partial charge in [-0.25, -0.2) is 13.2 Å². The molecule has 0 radical (unpaired) electrons. The first-order valence-corrected chi connectivity index (χ1v) is 7.59. The molecule has 1 aromatic carbocycles. The summed E-state index contributed by atoms with van der Waals surface area (Å²) in [6, 6.07) is 6.55. The molecular weight excluding hydrogens is 270 g/mol. The van der Waals surface area contributed by atoms with Gasteiger partial charge in [0.15, 0.2) is 16.4 Å². The fourth-order valence-corrected chi connectivity index (χ4v) is 1.80. The number of nitrogens with two attached hydrogens (primary N) is 1. The Labute approximate surface area is 112 Å². The molecule has 0 saturated heterocycles. The van der Waals surface area contributed by atoms with Gasteiger partial charge < -0.3 is 15.2 Å². The van der Waals surface area contributed by atoms with E-state index in [9.17, 15) is 13.2 Å². The molecule has 1 rings (SSSR count). The molecule has 0 fully saturated rings. The third kappa shape index (κ3) is 6.10. The summed E-state index contributed by atoms with van der Waals surface area (Å²) in [5.74, 6) is -0.251. The molecule has 0 unspecified atom stereocenters. The van der Waals surface area contributed by atoms with Crippen LogP contribution in [0.2, 0.25) is 0 Å². The maximum Gasteiger partial charge on any atom is 0.344 e. The zero-order chi connectivity index (χ0) is 14.3. The first-order valence-electron chi connectivity index (χ1n) is 5.77. The Kier molecular flexibility index (Phi) is 5.62. The van der Waals surface area contributed by atoms with Crippen LogP contribution in [0.15, 0.2) is 24.3 Å². The van der Waals surface area contributed by atoms with Gasteiger partial charge in [-0.2, -0.15) is 0 Å². The Balaban J connectivity index is 2.27. The summed E-state index contributed by atoms with van der Waals surface area (Å²) in [5.41, 5.74) is 6.10. The highest BCUT2D eigenvalue weighted by Crippen LogP contribution is 2.12. The highest BCUT2D eigenvalue weighted by atomic mass is 32.2. The Morgan fingerprint density at radius 2 is 1.89 bits per heavy atom. The number of anilines is 1. The van der Waals surface area contributed by atoms with E-state index >= 15 is 0 Å². The molecule has 0 saturated carbocycles. The van der Waals surface area contributed by atoms with E-state index in [2.05, 4.69) is 0 Å². The summed E-state index contributed by atoms with van der Waals surface area (Å²) < 4.78 is 32.2. The van der Waals surface area contributed by atoms with Crippen LogP contribution in [0.5, 0.6) is 5.75 Å². The number of rotatable bonds is 7. The predicted octanol–water partition coefficient (Wildman–Crippen LogP) is 0.625. The minimum Gasteiger partial charge on any atom is -0.482 e. The number of ether oxygens (including phenoxy) is 2. The van der Waals surface area contributed by atoms with Gasteiger partial charge >= 0.3 is 5.97 Å². The van der Waals surface area contributed by atoms with Gasteiger partial charge in [-0.15, -0.1) is 0 Å². The quantitative estimate of drug-likeness (QED) is 0.583. The summed E-state index contributed by atoms with van der Waals surface area (Å²) in [4.78, 5) is 11.3. The zero-order valence-electron chi connectivity index (χ0n) is 10.7. The molecule has 0 aromatic heterocycles. The molecule has 0 bridgehead atoms. The summed E-state index contributed by atoms with van der Waals surface area (Å²) in [5, 5.41) is 0. The van der Waals surface area contributed by atoms with Gasteiger partial charge in [0.2, 0.25) is 0 Å². The van der Waals surface area contributed by atoms with Crippen LogP contribution < -0.4 is 10.5 Å². The van der Waals surface area contributed by atoms with Gasteiger partial charge in [0.05, 0.1) is 5.75 Å². The Bertz CT molecular complexity index is 509. The number of esters is 1. The third-order valence-corrected chi connectivity index (χ3v) is 4.00. The van der Waals surface area contributed by atoms with E-state index < -0.39 is 15.8 Å². The summed E-state index contributed by atoms with van der Waals surface area (Å²) in [6.07, 6.45) is 0. The van der Waals surface area contributed by atoms with E-state index in [0.29, 0.717) is 11.4 Å². The second-order valence-corrected chi connectivity index (χ2v) is 6.29. The molecule has 0 aliphatic heterocycles. The standard InChI is InChI=1S/C12H17NO5S/c1-2-19(15,16)8-7-17-12(14)9-18-11-5-3-10(13)4-6-11/h3-6H,2,7-9,13H2,1H3. The first-order chi connectivity index (χ1) is 8.93. The molecule has 6 nitrogen and oxygen atoms in total. The number of carbonyl (C=O) groups is 1. The molecule has 0 amide bonds. The maximum atomic E-state index is 11.3. The van der Waals surface area contributed by atoms with Crippen molar-refractivity contribution in [3.8, 4) is 5.75 Å². The largest absolute Gasteiger partial charge is 0.482 e. The maximum absolute atomic E-state index is 11.3. The van der Waals surface area contributed by atoms with Gasteiger partial charge in [-0.05, 0) is 24.3 Å². The van der Waals surface area contributed by atoms with Crippen LogP contribution in [0.25, 0.3) is 0 Å². The lowest BCUT2D eigenvalue weighted by Gasteiger charge is -2.07. The van der Waals surface area contributed by atoms with Gasteiger partial charge in [-0.1, -0.05) is 6.92 Å². The van der Waals surface area contributed by atoms with E-state index in [1.165, 1.54) is 0 Å². The van der Waals surface area contributed by atoms with Crippen LogP contribution in [0.4, 0.5) is 5.69 Å². The highest BCUT2D eigenvalue weighted by Gasteiger charge is 2.10. The minimum absolute atomic E-state index is 0.0342. The van der Waals surface area contributed by atoms with Crippen molar-refractivity contribution in [1.29, 1.82) is 0 Å². The third-order valence-electron chi connectivity index (χ3n) is 2.33. The van der Waals surface area contributed by atoms with Crippen LogP contribution >= 0.6 is 0 Å². The molecule has 0 spiro atoms. The minimum atomic E-state index is -3.12. The van der Waals surface area contributed by atoms with Crippen molar-refractivity contribution < 1.29 is 22.7 Å². The number of sulfone groups is 1. The molecule has 0 atom stereocenters. The van der Waals surface area contributed by atoms with Crippen molar-refractivity contribution >= 4 is 21.5 Å². The summed E-state index contributed by atoms with van der Waals surface area (Å²) >= 11 is 0. The van der Waals surface area contributed by atoms with E-state index in [0.717, 1.165) is 0 Å². The Morgan fingerprint density at radius 3 is 2.47 bits per heavy atom. The second kappa shape index (κ2) is 6.98. The number of carbonyl (C=O) groups excluding carboxylic acids is 1. The lowest BCUT2D eigenvalue weighted by Crippen LogP contribution is -2.20. The van der Waals surface area contributed by atoms with E-state index in [1.54, 1.807) is 31.2 Å². The monoisotopic (exact) mass is 287 g/mol. The highest BCUT2D eigenvalue weighted by molar-refractivity contribution is 7.91. The summed E-state index contributed by atoms with van der Waals surface area (Å²) in [6.45, 7) is 1.12. The number of benzene rings is 1. The molecule has 106 valence electrons.